The van der Waals surface area contributed by atoms with Gasteiger partial charge < -0.3 is 10.3 Å². The fourth-order valence-electron chi connectivity index (χ4n) is 2.09. The van der Waals surface area contributed by atoms with E-state index in [0.29, 0.717) is 12.1 Å². The van der Waals surface area contributed by atoms with Gasteiger partial charge in [0.1, 0.15) is 0 Å². The van der Waals surface area contributed by atoms with Gasteiger partial charge in [-0.3, -0.25) is 0 Å². The number of hydrogen-bond acceptors (Lipinski definition) is 4. The molecule has 1 aromatic carbocycles. The molecule has 8 heteroatoms. The summed E-state index contributed by atoms with van der Waals surface area (Å²) in [4.78, 5) is 6.93. The van der Waals surface area contributed by atoms with Gasteiger partial charge in [0, 0.05) is 12.6 Å². The molecule has 1 aliphatic heterocycles. The van der Waals surface area contributed by atoms with Crippen molar-refractivity contribution in [2.45, 2.75) is 17.6 Å². The Balaban J connectivity index is 0.00000133. The molecule has 1 aliphatic rings. The Labute approximate surface area is 117 Å². The van der Waals surface area contributed by atoms with Crippen molar-refractivity contribution in [1.29, 1.82) is 0 Å². The van der Waals surface area contributed by atoms with Crippen molar-refractivity contribution in [2.24, 2.45) is 0 Å². The Morgan fingerprint density at radius 1 is 1.32 bits per heavy atom. The smallest absolute Gasteiger partial charge is 0.274 e. The second-order valence-corrected chi connectivity index (χ2v) is 6.00. The molecule has 1 atom stereocenters. The Kier molecular flexibility index (Phi) is 4.10. The van der Waals surface area contributed by atoms with E-state index in [0.717, 1.165) is 18.5 Å². The molecular formula is C11H15ClN4O2S. The van der Waals surface area contributed by atoms with Crippen LogP contribution >= 0.6 is 12.4 Å². The monoisotopic (exact) mass is 302 g/mol. The molecule has 2 aromatic rings. The molecule has 1 aromatic heterocycles. The summed E-state index contributed by atoms with van der Waals surface area (Å²) in [5.74, 6) is 0. The zero-order valence-corrected chi connectivity index (χ0v) is 11.7. The summed E-state index contributed by atoms with van der Waals surface area (Å²) < 4.78 is 26.9. The highest BCUT2D eigenvalue weighted by Gasteiger charge is 2.25. The normalized spacial score (nSPS) is 19.5. The van der Waals surface area contributed by atoms with Crippen molar-refractivity contribution in [3.05, 3.63) is 24.3 Å². The molecular weight excluding hydrogens is 288 g/mol. The summed E-state index contributed by atoms with van der Waals surface area (Å²) in [7, 11) is -3.56. The van der Waals surface area contributed by atoms with Gasteiger partial charge in [-0.15, -0.1) is 12.4 Å². The number of benzene rings is 1. The van der Waals surface area contributed by atoms with Crippen molar-refractivity contribution in [3.8, 4) is 0 Å². The Hall–Kier alpha value is -1.15. The molecule has 0 bridgehead atoms. The van der Waals surface area contributed by atoms with E-state index in [4.69, 9.17) is 0 Å². The van der Waals surface area contributed by atoms with Gasteiger partial charge in [0.15, 0.2) is 0 Å². The lowest BCUT2D eigenvalue weighted by Gasteiger charge is -2.09. The van der Waals surface area contributed by atoms with E-state index in [1.807, 2.05) is 12.1 Å². The molecule has 19 heavy (non-hydrogen) atoms. The fourth-order valence-corrected chi connectivity index (χ4v) is 3.30. The maximum Gasteiger partial charge on any atom is 0.274 e. The molecule has 3 rings (SSSR count). The minimum absolute atomic E-state index is 0. The molecule has 0 aliphatic carbocycles. The van der Waals surface area contributed by atoms with Gasteiger partial charge >= 0.3 is 0 Å². The van der Waals surface area contributed by atoms with E-state index in [1.165, 1.54) is 0 Å². The summed E-state index contributed by atoms with van der Waals surface area (Å²) in [6, 6.07) is 7.20. The van der Waals surface area contributed by atoms with E-state index in [-0.39, 0.29) is 23.6 Å². The predicted molar refractivity (Wildman–Crippen MR) is 74.9 cm³/mol. The lowest BCUT2D eigenvalue weighted by molar-refractivity contribution is 0.553. The van der Waals surface area contributed by atoms with Crippen LogP contribution < -0.4 is 10.0 Å². The van der Waals surface area contributed by atoms with Gasteiger partial charge in [0.25, 0.3) is 10.0 Å². The molecule has 1 fully saturated rings. The molecule has 0 saturated carbocycles. The number of fused-ring (bicyclic) bond motifs is 1. The number of imidazole rings is 1. The SMILES string of the molecule is Cl.O=S(=O)(NC1CCNC1)c1nc2ccccc2[nH]1. The van der Waals surface area contributed by atoms with Crippen LogP contribution in [-0.4, -0.2) is 37.5 Å². The van der Waals surface area contributed by atoms with Crippen LogP contribution in [0.1, 0.15) is 6.42 Å². The quantitative estimate of drug-likeness (QED) is 0.776. The average molecular weight is 303 g/mol. The second-order valence-electron chi connectivity index (χ2n) is 4.37. The number of H-pyrrole nitrogens is 1. The number of aromatic amines is 1. The number of para-hydroxylation sites is 2. The highest BCUT2D eigenvalue weighted by atomic mass is 35.5. The number of halogens is 1. The third-order valence-electron chi connectivity index (χ3n) is 3.00. The minimum Gasteiger partial charge on any atom is -0.328 e. The third kappa shape index (κ3) is 2.89. The van der Waals surface area contributed by atoms with Gasteiger partial charge in [-0.1, -0.05) is 12.1 Å². The van der Waals surface area contributed by atoms with E-state index in [2.05, 4.69) is 20.0 Å². The van der Waals surface area contributed by atoms with E-state index in [9.17, 15) is 8.42 Å². The lowest BCUT2D eigenvalue weighted by Crippen LogP contribution is -2.36. The standard InChI is InChI=1S/C11H14N4O2S.ClH/c16-18(17,15-8-5-6-12-7-8)11-13-9-3-1-2-4-10(9)14-11;/h1-4,8,12,15H,5-7H2,(H,13,14);1H. The maximum absolute atomic E-state index is 12.1. The third-order valence-corrected chi connectivity index (χ3v) is 4.35. The summed E-state index contributed by atoms with van der Waals surface area (Å²) in [5, 5.41) is 3.10. The highest BCUT2D eigenvalue weighted by Crippen LogP contribution is 2.14. The zero-order chi connectivity index (χ0) is 12.6. The average Bonchev–Trinajstić information content (AvgIpc) is 2.96. The number of nitrogens with one attached hydrogen (secondary N) is 3. The first kappa shape index (κ1) is 14.3. The molecule has 1 saturated heterocycles. The topological polar surface area (TPSA) is 86.9 Å². The Bertz CT molecular complexity index is 631. The van der Waals surface area contributed by atoms with E-state index < -0.39 is 10.0 Å². The number of rotatable bonds is 3. The Morgan fingerprint density at radius 3 is 2.79 bits per heavy atom. The number of aromatic nitrogens is 2. The van der Waals surface area contributed by atoms with Crippen molar-refractivity contribution in [2.75, 3.05) is 13.1 Å². The van der Waals surface area contributed by atoms with Crippen LogP contribution in [0, 0.1) is 0 Å². The molecule has 104 valence electrons. The fraction of sp³-hybridized carbons (Fsp3) is 0.364. The molecule has 1 unspecified atom stereocenters. The first-order chi connectivity index (χ1) is 8.65. The van der Waals surface area contributed by atoms with Gasteiger partial charge in [-0.25, -0.2) is 18.1 Å². The largest absolute Gasteiger partial charge is 0.328 e. The molecule has 0 amide bonds. The van der Waals surface area contributed by atoms with Crippen molar-refractivity contribution < 1.29 is 8.42 Å². The second kappa shape index (κ2) is 5.46. The number of sulfonamides is 1. The summed E-state index contributed by atoms with van der Waals surface area (Å²) in [5.41, 5.74) is 1.38. The molecule has 0 spiro atoms. The maximum atomic E-state index is 12.1. The van der Waals surface area contributed by atoms with E-state index >= 15 is 0 Å². The lowest BCUT2D eigenvalue weighted by atomic mass is 10.3. The van der Waals surface area contributed by atoms with Crippen LogP contribution in [0.15, 0.2) is 29.4 Å². The van der Waals surface area contributed by atoms with Crippen LogP contribution in [0.3, 0.4) is 0 Å². The van der Waals surface area contributed by atoms with Crippen LogP contribution in [0.2, 0.25) is 0 Å². The van der Waals surface area contributed by atoms with E-state index in [1.54, 1.807) is 12.1 Å². The van der Waals surface area contributed by atoms with Crippen molar-refractivity contribution in [1.82, 2.24) is 20.0 Å². The van der Waals surface area contributed by atoms with Gasteiger partial charge in [0.2, 0.25) is 5.16 Å². The summed E-state index contributed by atoms with van der Waals surface area (Å²) >= 11 is 0. The molecule has 6 nitrogen and oxygen atoms in total. The van der Waals surface area contributed by atoms with Crippen molar-refractivity contribution >= 4 is 33.5 Å². The van der Waals surface area contributed by atoms with Gasteiger partial charge in [0.05, 0.1) is 11.0 Å². The molecule has 0 radical (unpaired) electrons. The van der Waals surface area contributed by atoms with Gasteiger partial charge in [-0.05, 0) is 25.1 Å². The van der Waals surface area contributed by atoms with Gasteiger partial charge in [-0.2, -0.15) is 0 Å². The predicted octanol–water partition coefficient (Wildman–Crippen LogP) is 0.625. The Morgan fingerprint density at radius 2 is 2.11 bits per heavy atom. The minimum atomic E-state index is -3.56. The molecule has 2 heterocycles. The van der Waals surface area contributed by atoms with Crippen molar-refractivity contribution in [3.63, 3.8) is 0 Å². The first-order valence-corrected chi connectivity index (χ1v) is 7.31. The van der Waals surface area contributed by atoms with Crippen LogP contribution in [0.4, 0.5) is 0 Å². The van der Waals surface area contributed by atoms with Crippen LogP contribution in [0.5, 0.6) is 0 Å². The summed E-state index contributed by atoms with van der Waals surface area (Å²) in [6.07, 6.45) is 0.805. The highest BCUT2D eigenvalue weighted by molar-refractivity contribution is 7.89. The molecule has 3 N–H and O–H groups in total. The number of hydrogen-bond donors (Lipinski definition) is 3. The zero-order valence-electron chi connectivity index (χ0n) is 10.1. The van der Waals surface area contributed by atoms with Crippen LogP contribution in [0.25, 0.3) is 11.0 Å². The summed E-state index contributed by atoms with van der Waals surface area (Å²) in [6.45, 7) is 1.51. The van der Waals surface area contributed by atoms with Crippen LogP contribution in [-0.2, 0) is 10.0 Å². The number of nitrogens with zero attached hydrogens (tertiary/aromatic N) is 1. The first-order valence-electron chi connectivity index (χ1n) is 5.83.